The van der Waals surface area contributed by atoms with Crippen molar-refractivity contribution in [1.29, 1.82) is 0 Å². The second-order valence-corrected chi connectivity index (χ2v) is 2.58. The molecule has 0 aromatic rings. The number of carbonyl (C=O) groups excluding carboxylic acids is 1. The fourth-order valence-corrected chi connectivity index (χ4v) is 1.57. The van der Waals surface area contributed by atoms with Gasteiger partial charge < -0.3 is 0 Å². The monoisotopic (exact) mass is 108 g/mol. The van der Waals surface area contributed by atoms with Gasteiger partial charge in [-0.25, -0.2) is 0 Å². The second-order valence-electron chi connectivity index (χ2n) is 2.58. The van der Waals surface area contributed by atoms with Gasteiger partial charge in [0.05, 0.1) is 0 Å². The Hall–Kier alpha value is -0.590. The van der Waals surface area contributed by atoms with Crippen molar-refractivity contribution in [2.24, 2.45) is 11.8 Å². The standard InChI is InChI=1S/C7H8O/c8-7-5-1-2-6(7)4-3-5/h1-2,5-6H,3-4H2/t5-,6?/m0/s1. The highest BCUT2D eigenvalue weighted by Crippen LogP contribution is 2.34. The van der Waals surface area contributed by atoms with Gasteiger partial charge in [0.2, 0.25) is 0 Å². The van der Waals surface area contributed by atoms with Gasteiger partial charge in [-0.2, -0.15) is 0 Å². The third-order valence-electron chi connectivity index (χ3n) is 2.10. The summed E-state index contributed by atoms with van der Waals surface area (Å²) in [6.45, 7) is 0. The van der Waals surface area contributed by atoms with E-state index in [9.17, 15) is 4.79 Å². The van der Waals surface area contributed by atoms with Crippen LogP contribution in [0.5, 0.6) is 0 Å². The molecule has 0 N–H and O–H groups in total. The Morgan fingerprint density at radius 3 is 1.88 bits per heavy atom. The molecule has 0 aliphatic heterocycles. The van der Waals surface area contributed by atoms with Gasteiger partial charge in [0.25, 0.3) is 0 Å². The molecule has 1 heteroatoms. The average Bonchev–Trinajstić information content (AvgIpc) is 2.29. The summed E-state index contributed by atoms with van der Waals surface area (Å²) in [5.74, 6) is 1.10. The first-order valence-electron chi connectivity index (χ1n) is 3.10. The van der Waals surface area contributed by atoms with Crippen LogP contribution in [0.15, 0.2) is 12.2 Å². The van der Waals surface area contributed by atoms with Gasteiger partial charge in [-0.05, 0) is 12.8 Å². The van der Waals surface area contributed by atoms with Crippen LogP contribution < -0.4 is 0 Å². The number of Topliss-reactive ketones (excluding diaryl/α,β-unsaturated/α-hetero) is 1. The zero-order valence-electron chi connectivity index (χ0n) is 4.63. The molecular weight excluding hydrogens is 100 g/mol. The van der Waals surface area contributed by atoms with Crippen LogP contribution in [0.3, 0.4) is 0 Å². The molecule has 1 saturated carbocycles. The van der Waals surface area contributed by atoms with Crippen LogP contribution in [0.4, 0.5) is 0 Å². The maximum atomic E-state index is 10.9. The number of ketones is 1. The molecule has 1 fully saturated rings. The molecule has 1 nitrogen and oxygen atoms in total. The largest absolute Gasteiger partial charge is 0.298 e. The molecule has 8 heavy (non-hydrogen) atoms. The summed E-state index contributed by atoms with van der Waals surface area (Å²) < 4.78 is 0. The predicted molar refractivity (Wildman–Crippen MR) is 30.4 cm³/mol. The van der Waals surface area contributed by atoms with Gasteiger partial charge >= 0.3 is 0 Å². The minimum atomic E-state index is 0.319. The van der Waals surface area contributed by atoms with Crippen LogP contribution >= 0.6 is 0 Å². The smallest absolute Gasteiger partial charge is 0.146 e. The van der Waals surface area contributed by atoms with Crippen LogP contribution in [-0.2, 0) is 4.79 Å². The highest BCUT2D eigenvalue weighted by molar-refractivity contribution is 5.91. The SMILES string of the molecule is O=C1C2C=C[C@H]1CC2. The number of hydrogen-bond acceptors (Lipinski definition) is 1. The lowest BCUT2D eigenvalue weighted by Gasteiger charge is -1.94. The highest BCUT2D eigenvalue weighted by Gasteiger charge is 2.35. The zero-order valence-corrected chi connectivity index (χ0v) is 4.63. The molecule has 42 valence electrons. The normalized spacial score (nSPS) is 41.8. The lowest BCUT2D eigenvalue weighted by atomic mass is 10.1. The number of carbonyl (C=O) groups is 1. The third-order valence-corrected chi connectivity index (χ3v) is 2.10. The Morgan fingerprint density at radius 2 is 1.75 bits per heavy atom. The maximum Gasteiger partial charge on any atom is 0.146 e. The molecule has 0 amide bonds. The summed E-state index contributed by atoms with van der Waals surface area (Å²) in [6.07, 6.45) is 6.33. The van der Waals surface area contributed by atoms with E-state index in [1.54, 1.807) is 0 Å². The molecule has 0 saturated heterocycles. The van der Waals surface area contributed by atoms with Gasteiger partial charge in [-0.3, -0.25) is 4.79 Å². The van der Waals surface area contributed by atoms with E-state index in [0.717, 1.165) is 12.8 Å². The Labute approximate surface area is 48.4 Å². The van der Waals surface area contributed by atoms with E-state index in [0.29, 0.717) is 17.6 Å². The summed E-state index contributed by atoms with van der Waals surface area (Å²) in [5.41, 5.74) is 0. The molecule has 0 radical (unpaired) electrons. The second kappa shape index (κ2) is 1.22. The summed E-state index contributed by atoms with van der Waals surface area (Å²) in [4.78, 5) is 10.9. The van der Waals surface area contributed by atoms with E-state index in [-0.39, 0.29) is 0 Å². The molecule has 1 unspecified atom stereocenters. The zero-order chi connectivity index (χ0) is 5.56. The van der Waals surface area contributed by atoms with Gasteiger partial charge in [-0.15, -0.1) is 0 Å². The van der Waals surface area contributed by atoms with Crippen molar-refractivity contribution in [1.82, 2.24) is 0 Å². The van der Waals surface area contributed by atoms with Crippen LogP contribution in [-0.4, -0.2) is 5.78 Å². The number of fused-ring (bicyclic) bond motifs is 2. The van der Waals surface area contributed by atoms with Gasteiger partial charge in [-0.1, -0.05) is 12.2 Å². The van der Waals surface area contributed by atoms with E-state index in [1.165, 1.54) is 0 Å². The van der Waals surface area contributed by atoms with E-state index < -0.39 is 0 Å². The lowest BCUT2D eigenvalue weighted by Crippen LogP contribution is -2.02. The van der Waals surface area contributed by atoms with Crippen molar-refractivity contribution in [3.05, 3.63) is 12.2 Å². The fourth-order valence-electron chi connectivity index (χ4n) is 1.57. The molecule has 0 heterocycles. The van der Waals surface area contributed by atoms with Crippen molar-refractivity contribution in [2.45, 2.75) is 12.8 Å². The Bertz CT molecular complexity index is 142. The number of hydrogen-bond donors (Lipinski definition) is 0. The Balaban J connectivity index is 2.39. The molecule has 2 rings (SSSR count). The van der Waals surface area contributed by atoms with E-state index >= 15 is 0 Å². The molecule has 0 aromatic carbocycles. The summed E-state index contributed by atoms with van der Waals surface area (Å²) >= 11 is 0. The van der Waals surface area contributed by atoms with E-state index in [4.69, 9.17) is 0 Å². The van der Waals surface area contributed by atoms with E-state index in [2.05, 4.69) is 12.2 Å². The van der Waals surface area contributed by atoms with Crippen LogP contribution in [0, 0.1) is 11.8 Å². The maximum absolute atomic E-state index is 10.9. The summed E-state index contributed by atoms with van der Waals surface area (Å²) in [5, 5.41) is 0. The minimum Gasteiger partial charge on any atom is -0.298 e. The summed E-state index contributed by atoms with van der Waals surface area (Å²) in [7, 11) is 0. The minimum absolute atomic E-state index is 0.319. The molecular formula is C7H8O. The number of rotatable bonds is 0. The average molecular weight is 108 g/mol. The molecule has 2 aliphatic carbocycles. The van der Waals surface area contributed by atoms with Crippen LogP contribution in [0.2, 0.25) is 0 Å². The molecule has 0 aromatic heterocycles. The molecule has 2 bridgehead atoms. The van der Waals surface area contributed by atoms with Gasteiger partial charge in [0, 0.05) is 11.8 Å². The lowest BCUT2D eigenvalue weighted by molar-refractivity contribution is -0.120. The van der Waals surface area contributed by atoms with Crippen LogP contribution in [0.25, 0.3) is 0 Å². The van der Waals surface area contributed by atoms with Crippen molar-refractivity contribution < 1.29 is 4.79 Å². The van der Waals surface area contributed by atoms with Crippen LogP contribution in [0.1, 0.15) is 12.8 Å². The third kappa shape index (κ3) is 0.347. The quantitative estimate of drug-likeness (QED) is 0.425. The first-order valence-corrected chi connectivity index (χ1v) is 3.10. The van der Waals surface area contributed by atoms with Gasteiger partial charge in [0.15, 0.2) is 0 Å². The van der Waals surface area contributed by atoms with Crippen molar-refractivity contribution in [3.8, 4) is 0 Å². The van der Waals surface area contributed by atoms with Gasteiger partial charge in [0.1, 0.15) is 5.78 Å². The molecule has 0 spiro atoms. The number of allylic oxidation sites excluding steroid dienone is 2. The highest BCUT2D eigenvalue weighted by atomic mass is 16.1. The Morgan fingerprint density at radius 1 is 1.25 bits per heavy atom. The van der Waals surface area contributed by atoms with Crippen molar-refractivity contribution in [2.75, 3.05) is 0 Å². The van der Waals surface area contributed by atoms with Crippen molar-refractivity contribution in [3.63, 3.8) is 0 Å². The molecule has 2 aliphatic rings. The van der Waals surface area contributed by atoms with E-state index in [1.807, 2.05) is 0 Å². The predicted octanol–water partition coefficient (Wildman–Crippen LogP) is 1.15. The topological polar surface area (TPSA) is 17.1 Å². The molecule has 2 atom stereocenters. The fraction of sp³-hybridized carbons (Fsp3) is 0.571. The first-order chi connectivity index (χ1) is 3.88. The van der Waals surface area contributed by atoms with Crippen molar-refractivity contribution >= 4 is 5.78 Å². The summed E-state index contributed by atoms with van der Waals surface area (Å²) in [6, 6.07) is 0. The first kappa shape index (κ1) is 4.30. The Kier molecular flexibility index (Phi) is 0.655.